The molecule has 1 aromatic carbocycles. The minimum atomic E-state index is -0.0227. The maximum Gasteiger partial charge on any atom is 0.240 e. The number of rotatable bonds is 6. The Balaban J connectivity index is 1.59. The van der Waals surface area contributed by atoms with Crippen LogP contribution in [-0.4, -0.2) is 24.9 Å². The van der Waals surface area contributed by atoms with Gasteiger partial charge in [0.05, 0.1) is 10.1 Å². The first kappa shape index (κ1) is 17.9. The summed E-state index contributed by atoms with van der Waals surface area (Å²) in [4.78, 5) is 5.54. The molecule has 3 heterocycles. The molecule has 138 valence electrons. The lowest BCUT2D eigenvalue weighted by Gasteiger charge is -2.10. The van der Waals surface area contributed by atoms with E-state index in [4.69, 9.17) is 4.52 Å². The van der Waals surface area contributed by atoms with Gasteiger partial charge in [0.15, 0.2) is 11.0 Å². The van der Waals surface area contributed by atoms with E-state index in [1.807, 2.05) is 36.6 Å². The van der Waals surface area contributed by atoms with E-state index in [9.17, 15) is 0 Å². The van der Waals surface area contributed by atoms with Crippen molar-refractivity contribution in [2.75, 3.05) is 0 Å². The van der Waals surface area contributed by atoms with E-state index in [1.165, 1.54) is 5.56 Å². The normalized spacial score (nSPS) is 12.4. The molecule has 0 amide bonds. The molecule has 6 nitrogen and oxygen atoms in total. The largest absolute Gasteiger partial charge is 0.338 e. The second-order valence-corrected chi connectivity index (χ2v) is 8.31. The van der Waals surface area contributed by atoms with Crippen molar-refractivity contribution in [3.63, 3.8) is 0 Å². The number of hydrogen-bond donors (Lipinski definition) is 0. The third-order valence-electron chi connectivity index (χ3n) is 4.23. The summed E-state index contributed by atoms with van der Waals surface area (Å²) < 4.78 is 7.60. The van der Waals surface area contributed by atoms with Gasteiger partial charge in [0, 0.05) is 12.1 Å². The minimum absolute atomic E-state index is 0.0227. The molecule has 4 rings (SSSR count). The van der Waals surface area contributed by atoms with Gasteiger partial charge in [-0.3, -0.25) is 0 Å². The zero-order valence-corrected chi connectivity index (χ0v) is 16.9. The van der Waals surface area contributed by atoms with Crippen molar-refractivity contribution in [2.45, 2.75) is 37.7 Å². The van der Waals surface area contributed by atoms with Gasteiger partial charge in [-0.15, -0.1) is 21.5 Å². The maximum absolute atomic E-state index is 5.47. The quantitative estimate of drug-likeness (QED) is 0.415. The van der Waals surface area contributed by atoms with Crippen LogP contribution in [0, 0.1) is 6.92 Å². The Labute approximate surface area is 165 Å². The van der Waals surface area contributed by atoms with Gasteiger partial charge in [-0.2, -0.15) is 4.98 Å². The number of thiophene rings is 1. The Morgan fingerprint density at radius 1 is 1.19 bits per heavy atom. The van der Waals surface area contributed by atoms with Crippen LogP contribution in [0.25, 0.3) is 22.1 Å². The first-order valence-electron chi connectivity index (χ1n) is 8.70. The lowest BCUT2D eigenvalue weighted by Crippen LogP contribution is -2.01. The molecular weight excluding hydrogens is 378 g/mol. The van der Waals surface area contributed by atoms with Crippen LogP contribution < -0.4 is 0 Å². The summed E-state index contributed by atoms with van der Waals surface area (Å²) in [5.74, 6) is 2.10. The van der Waals surface area contributed by atoms with Crippen molar-refractivity contribution in [2.24, 2.45) is 0 Å². The lowest BCUT2D eigenvalue weighted by molar-refractivity contribution is 0.380. The van der Waals surface area contributed by atoms with Crippen LogP contribution >= 0.6 is 23.1 Å². The number of aryl methyl sites for hydroxylation is 1. The van der Waals surface area contributed by atoms with Crippen LogP contribution in [0.5, 0.6) is 0 Å². The molecular formula is C19H19N5OS2. The van der Waals surface area contributed by atoms with E-state index >= 15 is 0 Å². The highest BCUT2D eigenvalue weighted by Gasteiger charge is 2.21. The fourth-order valence-corrected chi connectivity index (χ4v) is 4.39. The number of aromatic nitrogens is 5. The second kappa shape index (κ2) is 7.66. The third-order valence-corrected chi connectivity index (χ3v) is 6.17. The van der Waals surface area contributed by atoms with Gasteiger partial charge in [-0.25, -0.2) is 0 Å². The highest BCUT2D eigenvalue weighted by Crippen LogP contribution is 2.36. The van der Waals surface area contributed by atoms with E-state index in [-0.39, 0.29) is 5.25 Å². The Kier molecular flexibility index (Phi) is 5.09. The lowest BCUT2D eigenvalue weighted by atomic mass is 10.1. The maximum atomic E-state index is 5.47. The molecule has 4 aromatic rings. The van der Waals surface area contributed by atoms with Crippen LogP contribution in [0.2, 0.25) is 0 Å². The number of hydrogen-bond acceptors (Lipinski definition) is 7. The van der Waals surface area contributed by atoms with E-state index in [0.29, 0.717) is 11.7 Å². The van der Waals surface area contributed by atoms with Gasteiger partial charge in [-0.05, 0) is 37.8 Å². The summed E-state index contributed by atoms with van der Waals surface area (Å²) in [5, 5.41) is 15.8. The first-order valence-corrected chi connectivity index (χ1v) is 10.5. The number of thioether (sulfide) groups is 1. The van der Waals surface area contributed by atoms with E-state index in [1.54, 1.807) is 23.1 Å². The monoisotopic (exact) mass is 397 g/mol. The van der Waals surface area contributed by atoms with E-state index in [2.05, 4.69) is 50.9 Å². The van der Waals surface area contributed by atoms with Crippen LogP contribution in [0.4, 0.5) is 0 Å². The van der Waals surface area contributed by atoms with Crippen molar-refractivity contribution in [3.8, 4) is 22.1 Å². The molecule has 0 aliphatic carbocycles. The summed E-state index contributed by atoms with van der Waals surface area (Å²) in [7, 11) is 0. The molecule has 3 aromatic heterocycles. The molecule has 0 radical (unpaired) electrons. The predicted molar refractivity (Wildman–Crippen MR) is 108 cm³/mol. The summed E-state index contributed by atoms with van der Waals surface area (Å²) in [6.45, 7) is 7.01. The van der Waals surface area contributed by atoms with Crippen molar-refractivity contribution >= 4 is 23.1 Å². The molecule has 1 atom stereocenters. The van der Waals surface area contributed by atoms with Crippen LogP contribution in [0.3, 0.4) is 0 Å². The molecule has 8 heteroatoms. The second-order valence-electron chi connectivity index (χ2n) is 6.06. The molecule has 0 spiro atoms. The Hall–Kier alpha value is -2.45. The molecule has 0 bridgehead atoms. The Morgan fingerprint density at radius 3 is 2.78 bits per heavy atom. The fraction of sp³-hybridized carbons (Fsp3) is 0.263. The zero-order chi connectivity index (χ0) is 18.8. The molecule has 1 unspecified atom stereocenters. The minimum Gasteiger partial charge on any atom is -0.338 e. The number of benzene rings is 1. The fourth-order valence-electron chi connectivity index (χ4n) is 2.80. The van der Waals surface area contributed by atoms with Gasteiger partial charge < -0.3 is 9.09 Å². The van der Waals surface area contributed by atoms with Gasteiger partial charge in [0.25, 0.3) is 0 Å². The predicted octanol–water partition coefficient (Wildman–Crippen LogP) is 5.24. The van der Waals surface area contributed by atoms with Crippen molar-refractivity contribution in [1.29, 1.82) is 0 Å². The van der Waals surface area contributed by atoms with Crippen LogP contribution in [0.15, 0.2) is 51.5 Å². The van der Waals surface area contributed by atoms with E-state index in [0.717, 1.165) is 28.0 Å². The van der Waals surface area contributed by atoms with E-state index < -0.39 is 0 Å². The highest BCUT2D eigenvalue weighted by atomic mass is 32.2. The van der Waals surface area contributed by atoms with Gasteiger partial charge >= 0.3 is 0 Å². The molecule has 0 aliphatic rings. The first-order chi connectivity index (χ1) is 13.2. The Morgan fingerprint density at radius 2 is 2.04 bits per heavy atom. The average molecular weight is 398 g/mol. The highest BCUT2D eigenvalue weighted by molar-refractivity contribution is 7.99. The molecule has 0 fully saturated rings. The van der Waals surface area contributed by atoms with Gasteiger partial charge in [-0.1, -0.05) is 47.3 Å². The number of nitrogens with zero attached hydrogens (tertiary/aromatic N) is 5. The SMILES string of the molecule is CCn1c(SC(C)c2nc(-c3cccs3)no2)nnc1-c1ccccc1C. The summed E-state index contributed by atoms with van der Waals surface area (Å²) >= 11 is 3.17. The molecule has 27 heavy (non-hydrogen) atoms. The van der Waals surface area contributed by atoms with Crippen molar-refractivity contribution < 1.29 is 4.52 Å². The summed E-state index contributed by atoms with van der Waals surface area (Å²) in [6.07, 6.45) is 0. The van der Waals surface area contributed by atoms with Crippen molar-refractivity contribution in [1.82, 2.24) is 24.9 Å². The summed E-state index contributed by atoms with van der Waals surface area (Å²) in [5.41, 5.74) is 2.28. The standard InChI is InChI=1S/C19H19N5OS2/c1-4-24-17(14-9-6-5-8-12(14)2)21-22-19(24)27-13(3)18-20-16(23-25-18)15-10-7-11-26-15/h5-11,13H,4H2,1-3H3. The summed E-state index contributed by atoms with van der Waals surface area (Å²) in [6, 6.07) is 12.2. The van der Waals surface area contributed by atoms with Crippen LogP contribution in [-0.2, 0) is 6.54 Å². The zero-order valence-electron chi connectivity index (χ0n) is 15.3. The average Bonchev–Trinajstić information content (AvgIpc) is 3.42. The molecule has 0 saturated carbocycles. The third kappa shape index (κ3) is 3.54. The molecule has 0 N–H and O–H groups in total. The van der Waals surface area contributed by atoms with Gasteiger partial charge in [0.1, 0.15) is 0 Å². The molecule has 0 saturated heterocycles. The molecule has 0 aliphatic heterocycles. The topological polar surface area (TPSA) is 69.6 Å². The smallest absolute Gasteiger partial charge is 0.240 e. The Bertz CT molecular complexity index is 1040. The van der Waals surface area contributed by atoms with Crippen molar-refractivity contribution in [3.05, 3.63) is 53.2 Å². The van der Waals surface area contributed by atoms with Crippen LogP contribution in [0.1, 0.15) is 30.6 Å². The van der Waals surface area contributed by atoms with Gasteiger partial charge in [0.2, 0.25) is 11.7 Å².